The van der Waals surface area contributed by atoms with Crippen LogP contribution in [0.4, 0.5) is 0 Å². The number of amides is 3. The van der Waals surface area contributed by atoms with Gasteiger partial charge in [-0.2, -0.15) is 0 Å². The van der Waals surface area contributed by atoms with Crippen LogP contribution in [0.1, 0.15) is 19.3 Å². The van der Waals surface area contributed by atoms with E-state index in [4.69, 9.17) is 5.73 Å². The zero-order chi connectivity index (χ0) is 14.3. The number of allylic oxidation sites excluding steroid dienone is 3. The standard InChI is InChI=1S/C14H17N3O3/c15-10-3-1-2-8-6-13(19)17(7-9(8)10)11-4-5-12(18)16-14(11)20/h1-3,8-9,11H,4-7,15H2,(H,16,18,20)/t8?,9?,11-/m0/s1. The zero-order valence-electron chi connectivity index (χ0n) is 11.0. The van der Waals surface area contributed by atoms with Crippen molar-refractivity contribution in [2.24, 2.45) is 17.6 Å². The second kappa shape index (κ2) is 4.77. The van der Waals surface area contributed by atoms with Crippen molar-refractivity contribution in [3.63, 3.8) is 0 Å². The van der Waals surface area contributed by atoms with Crippen LogP contribution in [-0.4, -0.2) is 35.2 Å². The molecule has 1 aliphatic carbocycles. The molecule has 2 unspecified atom stereocenters. The average molecular weight is 275 g/mol. The van der Waals surface area contributed by atoms with Crippen molar-refractivity contribution in [3.8, 4) is 0 Å². The highest BCUT2D eigenvalue weighted by molar-refractivity contribution is 6.01. The number of carbonyl (C=O) groups excluding carboxylic acids is 3. The van der Waals surface area contributed by atoms with Crippen molar-refractivity contribution in [1.29, 1.82) is 0 Å². The average Bonchev–Trinajstić information content (AvgIpc) is 2.39. The number of likely N-dealkylation sites (tertiary alicyclic amines) is 1. The molecule has 0 bridgehead atoms. The lowest BCUT2D eigenvalue weighted by Gasteiger charge is -2.42. The fourth-order valence-corrected chi connectivity index (χ4v) is 3.18. The normalized spacial score (nSPS) is 33.6. The summed E-state index contributed by atoms with van der Waals surface area (Å²) in [6.07, 6.45) is 6.77. The van der Waals surface area contributed by atoms with Crippen molar-refractivity contribution < 1.29 is 14.4 Å². The maximum atomic E-state index is 12.2. The van der Waals surface area contributed by atoms with E-state index >= 15 is 0 Å². The van der Waals surface area contributed by atoms with Crippen LogP contribution < -0.4 is 11.1 Å². The third-order valence-electron chi connectivity index (χ3n) is 4.30. The molecule has 0 aromatic carbocycles. The van der Waals surface area contributed by atoms with Crippen LogP contribution in [0.25, 0.3) is 0 Å². The summed E-state index contributed by atoms with van der Waals surface area (Å²) in [5.74, 6) is -0.490. The molecule has 0 radical (unpaired) electrons. The topological polar surface area (TPSA) is 92.5 Å². The van der Waals surface area contributed by atoms with Crippen molar-refractivity contribution >= 4 is 17.7 Å². The summed E-state index contributed by atoms with van der Waals surface area (Å²) >= 11 is 0. The second-order valence-corrected chi connectivity index (χ2v) is 5.54. The zero-order valence-corrected chi connectivity index (χ0v) is 11.0. The number of nitrogens with zero attached hydrogens (tertiary/aromatic N) is 1. The molecule has 2 aliphatic heterocycles. The molecule has 2 heterocycles. The Kier molecular flexibility index (Phi) is 3.08. The predicted molar refractivity (Wildman–Crippen MR) is 70.9 cm³/mol. The van der Waals surface area contributed by atoms with Gasteiger partial charge in [0.05, 0.1) is 0 Å². The molecule has 3 rings (SSSR count). The molecule has 2 saturated heterocycles. The first kappa shape index (κ1) is 12.9. The van der Waals surface area contributed by atoms with Crippen LogP contribution in [0.2, 0.25) is 0 Å². The van der Waals surface area contributed by atoms with Crippen LogP contribution in [0.3, 0.4) is 0 Å². The Bertz CT molecular complexity index is 538. The quantitative estimate of drug-likeness (QED) is 0.641. The minimum absolute atomic E-state index is 0.0416. The van der Waals surface area contributed by atoms with E-state index in [0.717, 1.165) is 5.70 Å². The molecule has 6 heteroatoms. The highest BCUT2D eigenvalue weighted by Crippen LogP contribution is 2.33. The van der Waals surface area contributed by atoms with Gasteiger partial charge in [-0.05, 0) is 18.4 Å². The summed E-state index contributed by atoms with van der Waals surface area (Å²) < 4.78 is 0. The first-order valence-electron chi connectivity index (χ1n) is 6.83. The third-order valence-corrected chi connectivity index (χ3v) is 4.30. The Balaban J connectivity index is 1.79. The van der Waals surface area contributed by atoms with E-state index in [-0.39, 0.29) is 36.0 Å². The Morgan fingerprint density at radius 1 is 1.30 bits per heavy atom. The summed E-state index contributed by atoms with van der Waals surface area (Å²) in [6, 6.07) is -0.542. The van der Waals surface area contributed by atoms with Gasteiger partial charge in [-0.3, -0.25) is 19.7 Å². The molecule has 0 aromatic heterocycles. The Hall–Kier alpha value is -2.11. The van der Waals surface area contributed by atoms with E-state index < -0.39 is 6.04 Å². The van der Waals surface area contributed by atoms with E-state index in [1.54, 1.807) is 4.90 Å². The van der Waals surface area contributed by atoms with Crippen LogP contribution in [0.5, 0.6) is 0 Å². The first-order chi connectivity index (χ1) is 9.56. The summed E-state index contributed by atoms with van der Waals surface area (Å²) in [7, 11) is 0. The van der Waals surface area contributed by atoms with Gasteiger partial charge in [0, 0.05) is 31.0 Å². The van der Waals surface area contributed by atoms with Gasteiger partial charge >= 0.3 is 0 Å². The molecule has 3 amide bonds. The van der Waals surface area contributed by atoms with E-state index in [0.29, 0.717) is 19.4 Å². The molecule has 0 saturated carbocycles. The maximum absolute atomic E-state index is 12.2. The Labute approximate surface area is 116 Å². The third kappa shape index (κ3) is 2.11. The Morgan fingerprint density at radius 3 is 2.85 bits per heavy atom. The molecule has 3 atom stereocenters. The molecule has 106 valence electrons. The van der Waals surface area contributed by atoms with E-state index in [2.05, 4.69) is 5.32 Å². The van der Waals surface area contributed by atoms with Crippen molar-refractivity contribution in [3.05, 3.63) is 23.9 Å². The highest BCUT2D eigenvalue weighted by Gasteiger charge is 2.41. The number of hydrogen-bond donors (Lipinski definition) is 2. The van der Waals surface area contributed by atoms with Crippen LogP contribution in [0, 0.1) is 11.8 Å². The summed E-state index contributed by atoms with van der Waals surface area (Å²) in [5, 5.41) is 2.30. The largest absolute Gasteiger partial charge is 0.402 e. The lowest BCUT2D eigenvalue weighted by molar-refractivity contribution is -0.149. The SMILES string of the molecule is NC1=CC=CC2CC(=O)N([C@H]3CCC(=O)NC3=O)CC12. The molecular weight excluding hydrogens is 258 g/mol. The van der Waals surface area contributed by atoms with Gasteiger partial charge in [0.2, 0.25) is 17.7 Å². The molecule has 2 fully saturated rings. The molecule has 6 nitrogen and oxygen atoms in total. The van der Waals surface area contributed by atoms with Gasteiger partial charge < -0.3 is 10.6 Å². The minimum Gasteiger partial charge on any atom is -0.402 e. The summed E-state index contributed by atoms with van der Waals surface area (Å²) in [4.78, 5) is 36.9. The number of nitrogens with two attached hydrogens (primary N) is 1. The summed E-state index contributed by atoms with van der Waals surface area (Å²) in [6.45, 7) is 0.447. The second-order valence-electron chi connectivity index (χ2n) is 5.54. The number of fused-ring (bicyclic) bond motifs is 1. The van der Waals surface area contributed by atoms with Crippen molar-refractivity contribution in [1.82, 2.24) is 10.2 Å². The fraction of sp³-hybridized carbons (Fsp3) is 0.500. The molecule has 0 aromatic rings. The van der Waals surface area contributed by atoms with Crippen molar-refractivity contribution in [2.75, 3.05) is 6.54 Å². The first-order valence-corrected chi connectivity index (χ1v) is 6.83. The number of rotatable bonds is 1. The predicted octanol–water partition coefficient (Wildman–Crippen LogP) is -0.331. The molecule has 0 spiro atoms. The maximum Gasteiger partial charge on any atom is 0.249 e. The van der Waals surface area contributed by atoms with Crippen LogP contribution in [0.15, 0.2) is 23.9 Å². The van der Waals surface area contributed by atoms with Gasteiger partial charge in [-0.25, -0.2) is 0 Å². The van der Waals surface area contributed by atoms with Gasteiger partial charge in [0.15, 0.2) is 0 Å². The highest BCUT2D eigenvalue weighted by atomic mass is 16.2. The molecule has 20 heavy (non-hydrogen) atoms. The number of imide groups is 1. The van der Waals surface area contributed by atoms with Crippen LogP contribution >= 0.6 is 0 Å². The van der Waals surface area contributed by atoms with Gasteiger partial charge in [0.1, 0.15) is 6.04 Å². The molecular formula is C14H17N3O3. The Morgan fingerprint density at radius 2 is 2.10 bits per heavy atom. The van der Waals surface area contributed by atoms with Crippen molar-refractivity contribution in [2.45, 2.75) is 25.3 Å². The van der Waals surface area contributed by atoms with E-state index in [1.165, 1.54) is 0 Å². The monoisotopic (exact) mass is 275 g/mol. The summed E-state index contributed by atoms with van der Waals surface area (Å²) in [5.41, 5.74) is 6.75. The lowest BCUT2D eigenvalue weighted by Crippen LogP contribution is -2.58. The van der Waals surface area contributed by atoms with E-state index in [1.807, 2.05) is 18.2 Å². The number of hydrogen-bond acceptors (Lipinski definition) is 4. The molecule has 3 aliphatic rings. The van der Waals surface area contributed by atoms with E-state index in [9.17, 15) is 14.4 Å². The van der Waals surface area contributed by atoms with Gasteiger partial charge in [-0.1, -0.05) is 12.2 Å². The number of piperidine rings is 2. The number of carbonyl (C=O) groups is 3. The van der Waals surface area contributed by atoms with Gasteiger partial charge in [-0.15, -0.1) is 0 Å². The van der Waals surface area contributed by atoms with Gasteiger partial charge in [0.25, 0.3) is 0 Å². The molecule has 3 N–H and O–H groups in total. The minimum atomic E-state index is -0.542. The number of nitrogens with one attached hydrogen (secondary N) is 1. The fourth-order valence-electron chi connectivity index (χ4n) is 3.18. The lowest BCUT2D eigenvalue weighted by atomic mass is 9.79. The smallest absolute Gasteiger partial charge is 0.249 e. The van der Waals surface area contributed by atoms with Crippen LogP contribution in [-0.2, 0) is 14.4 Å².